The number of hydrogen-bond donors (Lipinski definition) is 1. The number of rotatable bonds is 6. The largest absolute Gasteiger partial charge is 0.500 e. The van der Waals surface area contributed by atoms with E-state index in [1.165, 1.54) is 25.2 Å². The van der Waals surface area contributed by atoms with Gasteiger partial charge in [-0.3, -0.25) is 14.5 Å². The molecule has 0 radical (unpaired) electrons. The third kappa shape index (κ3) is 4.50. The molecule has 0 aliphatic carbocycles. The molecule has 1 unspecified atom stereocenters. The SMILES string of the molecule is C=[N+](C)C(=O)N(Cc1c(-c2ccccc2)noc1C)C(=O)C1C(=O)N(CC(=O)O)c2ccc(Cl)cc21. The van der Waals surface area contributed by atoms with E-state index in [1.54, 1.807) is 6.92 Å². The van der Waals surface area contributed by atoms with E-state index in [0.717, 1.165) is 14.4 Å². The molecule has 0 saturated carbocycles. The van der Waals surface area contributed by atoms with Gasteiger partial charge in [0.2, 0.25) is 5.91 Å². The Morgan fingerprint density at radius 1 is 1.22 bits per heavy atom. The summed E-state index contributed by atoms with van der Waals surface area (Å²) in [6.07, 6.45) is 0. The van der Waals surface area contributed by atoms with E-state index < -0.39 is 36.3 Å². The van der Waals surface area contributed by atoms with Crippen molar-refractivity contribution < 1.29 is 33.4 Å². The zero-order valence-corrected chi connectivity index (χ0v) is 20.2. The minimum Gasteiger partial charge on any atom is -0.480 e. The van der Waals surface area contributed by atoms with Gasteiger partial charge in [0.05, 0.1) is 19.3 Å². The number of aromatic nitrogens is 1. The molecule has 10 nitrogen and oxygen atoms in total. The van der Waals surface area contributed by atoms with Crippen LogP contribution in [-0.4, -0.2) is 63.9 Å². The van der Waals surface area contributed by atoms with Crippen molar-refractivity contribution in [2.24, 2.45) is 0 Å². The van der Waals surface area contributed by atoms with E-state index >= 15 is 0 Å². The van der Waals surface area contributed by atoms with Crippen LogP contribution in [0.4, 0.5) is 10.5 Å². The molecule has 2 heterocycles. The van der Waals surface area contributed by atoms with E-state index in [4.69, 9.17) is 16.1 Å². The van der Waals surface area contributed by atoms with Crippen molar-refractivity contribution in [3.63, 3.8) is 0 Å². The van der Waals surface area contributed by atoms with Gasteiger partial charge in [0.15, 0.2) is 5.92 Å². The predicted molar refractivity (Wildman–Crippen MR) is 130 cm³/mol. The van der Waals surface area contributed by atoms with Crippen molar-refractivity contribution in [1.82, 2.24) is 10.1 Å². The first-order chi connectivity index (χ1) is 17.1. The molecule has 1 aromatic heterocycles. The van der Waals surface area contributed by atoms with Crippen LogP contribution in [0.5, 0.6) is 0 Å². The van der Waals surface area contributed by atoms with Crippen LogP contribution in [-0.2, 0) is 20.9 Å². The van der Waals surface area contributed by atoms with Gasteiger partial charge in [-0.2, -0.15) is 9.69 Å². The predicted octanol–water partition coefficient (Wildman–Crippen LogP) is 3.31. The Morgan fingerprint density at radius 2 is 1.92 bits per heavy atom. The van der Waals surface area contributed by atoms with E-state index in [2.05, 4.69) is 11.9 Å². The first kappa shape index (κ1) is 24.8. The number of amides is 4. The Morgan fingerprint density at radius 3 is 2.56 bits per heavy atom. The monoisotopic (exact) mass is 509 g/mol. The van der Waals surface area contributed by atoms with Crippen LogP contribution in [0.15, 0.2) is 53.1 Å². The molecule has 184 valence electrons. The summed E-state index contributed by atoms with van der Waals surface area (Å²) in [5.41, 5.74) is 2.09. The quantitative estimate of drug-likeness (QED) is 0.307. The Kier molecular flexibility index (Phi) is 6.71. The lowest BCUT2D eigenvalue weighted by molar-refractivity contribution is -0.392. The Bertz CT molecular complexity index is 1400. The molecule has 1 aliphatic rings. The highest BCUT2D eigenvalue weighted by Gasteiger charge is 2.49. The number of anilines is 1. The van der Waals surface area contributed by atoms with Gasteiger partial charge in [0, 0.05) is 21.8 Å². The van der Waals surface area contributed by atoms with Gasteiger partial charge >= 0.3 is 17.9 Å². The molecule has 2 aromatic carbocycles. The van der Waals surface area contributed by atoms with Gasteiger partial charge in [-0.15, -0.1) is 0 Å². The van der Waals surface area contributed by atoms with E-state index in [0.29, 0.717) is 22.6 Å². The van der Waals surface area contributed by atoms with Gasteiger partial charge < -0.3 is 9.63 Å². The molecule has 1 aliphatic heterocycles. The second-order valence-electron chi connectivity index (χ2n) is 8.29. The van der Waals surface area contributed by atoms with Crippen LogP contribution in [0.3, 0.4) is 0 Å². The molecule has 3 aromatic rings. The summed E-state index contributed by atoms with van der Waals surface area (Å²) in [5.74, 6) is -3.96. The molecular formula is C25H22ClN4O6+. The summed E-state index contributed by atoms with van der Waals surface area (Å²) in [6, 6.07) is 12.7. The van der Waals surface area contributed by atoms with Crippen molar-refractivity contribution in [3.8, 4) is 11.3 Å². The normalized spacial score (nSPS) is 14.5. The summed E-state index contributed by atoms with van der Waals surface area (Å²) in [6.45, 7) is 4.34. The fourth-order valence-corrected chi connectivity index (χ4v) is 4.29. The number of carboxylic acids is 1. The van der Waals surface area contributed by atoms with Crippen LogP contribution in [0.25, 0.3) is 11.3 Å². The molecule has 4 rings (SSSR count). The maximum absolute atomic E-state index is 13.9. The summed E-state index contributed by atoms with van der Waals surface area (Å²) in [5, 5.41) is 13.7. The third-order valence-corrected chi connectivity index (χ3v) is 6.05. The molecule has 0 bridgehead atoms. The summed E-state index contributed by atoms with van der Waals surface area (Å²) in [4.78, 5) is 53.6. The number of benzene rings is 2. The molecule has 1 atom stereocenters. The number of hydrogen-bond acceptors (Lipinski definition) is 6. The molecule has 11 heteroatoms. The summed E-state index contributed by atoms with van der Waals surface area (Å²) in [7, 11) is 1.37. The number of fused-ring (bicyclic) bond motifs is 1. The van der Waals surface area contributed by atoms with Crippen LogP contribution >= 0.6 is 11.6 Å². The van der Waals surface area contributed by atoms with E-state index in [9.17, 15) is 24.3 Å². The Balaban J connectivity index is 1.78. The van der Waals surface area contributed by atoms with Crippen molar-refractivity contribution >= 4 is 47.8 Å². The van der Waals surface area contributed by atoms with Crippen molar-refractivity contribution in [1.29, 1.82) is 0 Å². The van der Waals surface area contributed by atoms with Crippen molar-refractivity contribution in [3.05, 3.63) is 70.4 Å². The van der Waals surface area contributed by atoms with Crippen LogP contribution in [0, 0.1) is 6.92 Å². The number of halogens is 1. The van der Waals surface area contributed by atoms with Gasteiger partial charge in [0.1, 0.15) is 24.5 Å². The maximum Gasteiger partial charge on any atom is 0.500 e. The lowest BCUT2D eigenvalue weighted by Gasteiger charge is -2.18. The zero-order chi connectivity index (χ0) is 26.1. The minimum absolute atomic E-state index is 0.216. The van der Waals surface area contributed by atoms with Gasteiger partial charge in [-0.05, 0) is 25.1 Å². The number of aryl methyl sites for hydroxylation is 1. The number of nitrogens with zero attached hydrogens (tertiary/aromatic N) is 4. The molecule has 0 spiro atoms. The van der Waals surface area contributed by atoms with Gasteiger partial charge in [-0.25, -0.2) is 9.37 Å². The smallest absolute Gasteiger partial charge is 0.480 e. The van der Waals surface area contributed by atoms with E-state index in [-0.39, 0.29) is 22.8 Å². The fourth-order valence-electron chi connectivity index (χ4n) is 4.11. The molecule has 4 amide bonds. The van der Waals surface area contributed by atoms with Gasteiger partial charge in [-0.1, -0.05) is 47.1 Å². The first-order valence-corrected chi connectivity index (χ1v) is 11.2. The average Bonchev–Trinajstić information content (AvgIpc) is 3.33. The molecule has 36 heavy (non-hydrogen) atoms. The summed E-state index contributed by atoms with van der Waals surface area (Å²) >= 11 is 6.13. The molecule has 1 N–H and O–H groups in total. The first-order valence-electron chi connectivity index (χ1n) is 10.8. The van der Waals surface area contributed by atoms with E-state index in [1.807, 2.05) is 30.3 Å². The highest BCUT2D eigenvalue weighted by molar-refractivity contribution is 6.31. The standard InChI is InChI=1S/C25H21ClN4O6/c1-14-18(22(27-36-14)15-7-5-4-6-8-15)12-30(25(35)28(2)3)24(34)21-17-11-16(26)9-10-19(17)29(23(21)33)13-20(31)32/h4-11,21H,2,12-13H2,1,3H3/p+1. The summed E-state index contributed by atoms with van der Waals surface area (Å²) < 4.78 is 6.33. The van der Waals surface area contributed by atoms with Gasteiger partial charge in [0.25, 0.3) is 0 Å². The lowest BCUT2D eigenvalue weighted by atomic mass is 9.98. The molecule has 0 saturated heterocycles. The number of urea groups is 1. The minimum atomic E-state index is -1.47. The molecule has 0 fully saturated rings. The second-order valence-corrected chi connectivity index (χ2v) is 8.73. The Labute approximate surface area is 211 Å². The van der Waals surface area contributed by atoms with Crippen LogP contribution < -0.4 is 4.90 Å². The van der Waals surface area contributed by atoms with Crippen molar-refractivity contribution in [2.75, 3.05) is 18.5 Å². The van der Waals surface area contributed by atoms with Crippen molar-refractivity contribution in [2.45, 2.75) is 19.4 Å². The number of imide groups is 1. The fraction of sp³-hybridized carbons (Fsp3) is 0.200. The second kappa shape index (κ2) is 9.74. The average molecular weight is 510 g/mol. The highest BCUT2D eigenvalue weighted by atomic mass is 35.5. The van der Waals surface area contributed by atoms with Crippen LogP contribution in [0.2, 0.25) is 5.02 Å². The number of carboxylic acid groups (broad SMARTS) is 1. The zero-order valence-electron chi connectivity index (χ0n) is 19.5. The topological polar surface area (TPSA) is 124 Å². The maximum atomic E-state index is 13.9. The number of aliphatic carboxylic acids is 1. The molecular weight excluding hydrogens is 488 g/mol. The number of carbonyl (C=O) groups is 4. The highest BCUT2D eigenvalue weighted by Crippen LogP contribution is 2.40. The van der Waals surface area contributed by atoms with Crippen LogP contribution in [0.1, 0.15) is 22.8 Å². The third-order valence-electron chi connectivity index (χ3n) is 5.82. The number of carbonyl (C=O) groups excluding carboxylic acids is 3. The lowest BCUT2D eigenvalue weighted by Crippen LogP contribution is -2.45. The Hall–Kier alpha value is -4.31.